The van der Waals surface area contributed by atoms with Gasteiger partial charge in [0.1, 0.15) is 0 Å². The number of anilines is 1. The molecule has 1 aliphatic heterocycles. The van der Waals surface area contributed by atoms with Crippen LogP contribution in [-0.4, -0.2) is 29.8 Å². The molecule has 0 radical (unpaired) electrons. The number of piperidine rings is 1. The predicted molar refractivity (Wildman–Crippen MR) is 105 cm³/mol. The first-order valence-electron chi connectivity index (χ1n) is 9.18. The van der Waals surface area contributed by atoms with Crippen LogP contribution in [0.4, 0.5) is 18.9 Å². The van der Waals surface area contributed by atoms with Crippen molar-refractivity contribution >= 4 is 29.1 Å². The van der Waals surface area contributed by atoms with Gasteiger partial charge < -0.3 is 10.2 Å². The summed E-state index contributed by atoms with van der Waals surface area (Å²) in [6.45, 7) is 2.40. The Kier molecular flexibility index (Phi) is 6.17. The highest BCUT2D eigenvalue weighted by molar-refractivity contribution is 6.31. The molecule has 2 aromatic carbocycles. The lowest BCUT2D eigenvalue weighted by atomic mass is 9.96. The van der Waals surface area contributed by atoms with Gasteiger partial charge in [0.05, 0.1) is 11.5 Å². The van der Waals surface area contributed by atoms with Crippen LogP contribution in [0.1, 0.15) is 34.3 Å². The Morgan fingerprint density at radius 1 is 1.17 bits per heavy atom. The van der Waals surface area contributed by atoms with Crippen LogP contribution in [0.3, 0.4) is 0 Å². The van der Waals surface area contributed by atoms with Crippen molar-refractivity contribution in [1.82, 2.24) is 4.90 Å². The third-order valence-electron chi connectivity index (χ3n) is 4.96. The molecule has 2 aromatic rings. The molecule has 1 aliphatic rings. The van der Waals surface area contributed by atoms with E-state index in [4.69, 9.17) is 11.6 Å². The van der Waals surface area contributed by atoms with E-state index in [0.717, 1.165) is 17.7 Å². The number of halogens is 4. The number of carbonyl (C=O) groups is 2. The molecule has 3 rings (SSSR count). The second-order valence-corrected chi connectivity index (χ2v) is 7.53. The lowest BCUT2D eigenvalue weighted by Crippen LogP contribution is -2.43. The number of hydrogen-bond acceptors (Lipinski definition) is 2. The average Bonchev–Trinajstić information content (AvgIpc) is 2.70. The van der Waals surface area contributed by atoms with Crippen LogP contribution in [-0.2, 0) is 11.0 Å². The van der Waals surface area contributed by atoms with Gasteiger partial charge in [0.2, 0.25) is 5.91 Å². The van der Waals surface area contributed by atoms with Crippen molar-refractivity contribution in [2.75, 3.05) is 18.4 Å². The molecule has 0 unspecified atom stereocenters. The fraction of sp³-hybridized carbons (Fsp3) is 0.333. The Morgan fingerprint density at radius 2 is 1.93 bits per heavy atom. The molecule has 1 saturated heterocycles. The Morgan fingerprint density at radius 3 is 2.62 bits per heavy atom. The molecule has 29 heavy (non-hydrogen) atoms. The fourth-order valence-electron chi connectivity index (χ4n) is 3.30. The highest BCUT2D eigenvalue weighted by Gasteiger charge is 2.33. The summed E-state index contributed by atoms with van der Waals surface area (Å²) in [6.07, 6.45) is -3.33. The topological polar surface area (TPSA) is 49.4 Å². The van der Waals surface area contributed by atoms with E-state index in [1.165, 1.54) is 17.0 Å². The average molecular weight is 425 g/mol. The Hall–Kier alpha value is -2.54. The number of likely N-dealkylation sites (tertiary alicyclic amines) is 1. The van der Waals surface area contributed by atoms with Crippen LogP contribution >= 0.6 is 11.6 Å². The van der Waals surface area contributed by atoms with E-state index in [0.29, 0.717) is 30.1 Å². The van der Waals surface area contributed by atoms with E-state index in [2.05, 4.69) is 5.32 Å². The van der Waals surface area contributed by atoms with Crippen LogP contribution < -0.4 is 5.32 Å². The number of carbonyl (C=O) groups excluding carboxylic acids is 2. The van der Waals surface area contributed by atoms with Gasteiger partial charge in [0.25, 0.3) is 5.91 Å². The summed E-state index contributed by atoms with van der Waals surface area (Å²) < 4.78 is 38.7. The monoisotopic (exact) mass is 424 g/mol. The zero-order chi connectivity index (χ0) is 21.2. The highest BCUT2D eigenvalue weighted by atomic mass is 35.5. The Labute approximate surface area is 171 Å². The van der Waals surface area contributed by atoms with Gasteiger partial charge in [-0.3, -0.25) is 9.59 Å². The van der Waals surface area contributed by atoms with Gasteiger partial charge in [-0.05, 0) is 55.7 Å². The molecule has 0 bridgehead atoms. The van der Waals surface area contributed by atoms with Crippen LogP contribution in [0.5, 0.6) is 0 Å². The molecule has 8 heteroatoms. The number of alkyl halides is 3. The van der Waals surface area contributed by atoms with E-state index in [9.17, 15) is 22.8 Å². The number of nitrogens with one attached hydrogen (secondary N) is 1. The van der Waals surface area contributed by atoms with Crippen molar-refractivity contribution in [2.24, 2.45) is 5.92 Å². The summed E-state index contributed by atoms with van der Waals surface area (Å²) in [4.78, 5) is 26.7. The van der Waals surface area contributed by atoms with Crippen molar-refractivity contribution < 1.29 is 22.8 Å². The fourth-order valence-corrected chi connectivity index (χ4v) is 3.48. The van der Waals surface area contributed by atoms with E-state index < -0.39 is 23.6 Å². The van der Waals surface area contributed by atoms with Gasteiger partial charge in [0, 0.05) is 29.4 Å². The van der Waals surface area contributed by atoms with Gasteiger partial charge in [0.15, 0.2) is 0 Å². The van der Waals surface area contributed by atoms with Gasteiger partial charge >= 0.3 is 6.18 Å². The quantitative estimate of drug-likeness (QED) is 0.740. The number of nitrogens with zero attached hydrogens (tertiary/aromatic N) is 1. The molecule has 2 amide bonds. The Bertz CT molecular complexity index is 930. The van der Waals surface area contributed by atoms with E-state index in [1.807, 2.05) is 6.92 Å². The van der Waals surface area contributed by atoms with Crippen LogP contribution in [0.15, 0.2) is 42.5 Å². The van der Waals surface area contributed by atoms with Gasteiger partial charge in [-0.15, -0.1) is 0 Å². The molecular weight excluding hydrogens is 405 g/mol. The van der Waals surface area contributed by atoms with E-state index in [-0.39, 0.29) is 18.0 Å². The Balaban J connectivity index is 1.69. The number of hydrogen-bond donors (Lipinski definition) is 1. The second kappa shape index (κ2) is 8.45. The lowest BCUT2D eigenvalue weighted by Gasteiger charge is -2.32. The minimum atomic E-state index is -4.52. The molecule has 0 spiro atoms. The number of aryl methyl sites for hydroxylation is 1. The van der Waals surface area contributed by atoms with Crippen molar-refractivity contribution in [3.8, 4) is 0 Å². The molecule has 1 fully saturated rings. The van der Waals surface area contributed by atoms with Gasteiger partial charge in [-0.1, -0.05) is 23.7 Å². The van der Waals surface area contributed by atoms with Gasteiger partial charge in [-0.2, -0.15) is 13.2 Å². The van der Waals surface area contributed by atoms with Crippen molar-refractivity contribution in [1.29, 1.82) is 0 Å². The van der Waals surface area contributed by atoms with Crippen molar-refractivity contribution in [3.05, 3.63) is 64.2 Å². The van der Waals surface area contributed by atoms with Gasteiger partial charge in [-0.25, -0.2) is 0 Å². The minimum Gasteiger partial charge on any atom is -0.338 e. The molecule has 1 heterocycles. The first-order chi connectivity index (χ1) is 13.6. The first kappa shape index (κ1) is 21.2. The first-order valence-corrected chi connectivity index (χ1v) is 9.56. The molecular formula is C21H20ClF3N2O2. The van der Waals surface area contributed by atoms with Crippen LogP contribution in [0, 0.1) is 12.8 Å². The number of amides is 2. The zero-order valence-electron chi connectivity index (χ0n) is 15.7. The standard InChI is InChI=1S/C21H20ClF3N2O2/c1-13-7-8-17(11-18(13)22)26-19(28)15-5-3-9-27(12-15)20(29)14-4-2-6-16(10-14)21(23,24)25/h2,4,6-8,10-11,15H,3,5,9,12H2,1H3,(H,26,28)/t15-/m1/s1. The van der Waals surface area contributed by atoms with E-state index in [1.54, 1.807) is 18.2 Å². The molecule has 154 valence electrons. The zero-order valence-corrected chi connectivity index (χ0v) is 16.5. The van der Waals surface area contributed by atoms with Crippen molar-refractivity contribution in [3.63, 3.8) is 0 Å². The normalized spacial score (nSPS) is 17.1. The summed E-state index contributed by atoms with van der Waals surface area (Å²) in [7, 11) is 0. The largest absolute Gasteiger partial charge is 0.416 e. The second-order valence-electron chi connectivity index (χ2n) is 7.12. The molecule has 0 aliphatic carbocycles. The summed E-state index contributed by atoms with van der Waals surface area (Å²) in [6, 6.07) is 9.54. The predicted octanol–water partition coefficient (Wildman–Crippen LogP) is 5.16. The molecule has 0 saturated carbocycles. The maximum atomic E-state index is 12.9. The number of rotatable bonds is 3. The summed E-state index contributed by atoms with van der Waals surface area (Å²) in [5.41, 5.74) is 0.546. The maximum Gasteiger partial charge on any atom is 0.416 e. The molecule has 1 N–H and O–H groups in total. The third kappa shape index (κ3) is 5.09. The number of benzene rings is 2. The van der Waals surface area contributed by atoms with Crippen LogP contribution in [0.2, 0.25) is 5.02 Å². The van der Waals surface area contributed by atoms with Crippen LogP contribution in [0.25, 0.3) is 0 Å². The SMILES string of the molecule is Cc1ccc(NC(=O)[C@@H]2CCCN(C(=O)c3cccc(C(F)(F)F)c3)C2)cc1Cl. The molecule has 4 nitrogen and oxygen atoms in total. The maximum absolute atomic E-state index is 12.9. The summed E-state index contributed by atoms with van der Waals surface area (Å²) in [5.74, 6) is -1.20. The van der Waals surface area contributed by atoms with E-state index >= 15 is 0 Å². The smallest absolute Gasteiger partial charge is 0.338 e. The molecule has 1 atom stereocenters. The third-order valence-corrected chi connectivity index (χ3v) is 5.36. The summed E-state index contributed by atoms with van der Waals surface area (Å²) in [5, 5.41) is 3.33. The highest BCUT2D eigenvalue weighted by Crippen LogP contribution is 2.30. The minimum absolute atomic E-state index is 0.0359. The molecule has 0 aromatic heterocycles. The van der Waals surface area contributed by atoms with Crippen molar-refractivity contribution in [2.45, 2.75) is 25.9 Å². The lowest BCUT2D eigenvalue weighted by molar-refractivity contribution is -0.137. The summed E-state index contributed by atoms with van der Waals surface area (Å²) >= 11 is 6.08.